The molecule has 5 aliphatic rings. The third-order valence-electron chi connectivity index (χ3n) is 11.2. The van der Waals surface area contributed by atoms with Crippen LogP contribution >= 0.6 is 12.4 Å². The molecule has 0 N–H and O–H groups in total. The fraction of sp³-hybridized carbons (Fsp3) is 0.828. The largest absolute Gasteiger partial charge is 0.435 e. The van der Waals surface area contributed by atoms with Crippen molar-refractivity contribution in [1.82, 2.24) is 9.80 Å². The molecule has 1 heterocycles. The highest BCUT2D eigenvalue weighted by Crippen LogP contribution is 2.66. The van der Waals surface area contributed by atoms with E-state index in [2.05, 4.69) is 37.9 Å². The zero-order valence-corrected chi connectivity index (χ0v) is 23.7. The maximum atomic E-state index is 12.6. The van der Waals surface area contributed by atoms with E-state index in [4.69, 9.17) is 4.84 Å². The SMILES string of the molecule is C/C(=N\OC(=O)N(C)C[C@@H]1CCCN1C)[C@H]1CC[C@H]2[C@@H]3CCC4=CC(=O)CC[C@]4(C)[C@H]3CC[C@]12C.Cl. The summed E-state index contributed by atoms with van der Waals surface area (Å²) in [4.78, 5) is 34.2. The summed E-state index contributed by atoms with van der Waals surface area (Å²) in [5.41, 5.74) is 2.86. The van der Waals surface area contributed by atoms with Crippen molar-refractivity contribution in [3.05, 3.63) is 11.6 Å². The van der Waals surface area contributed by atoms with Crippen molar-refractivity contribution in [3.8, 4) is 0 Å². The van der Waals surface area contributed by atoms with Gasteiger partial charge in [-0.25, -0.2) is 4.79 Å². The number of likely N-dealkylation sites (N-methyl/N-ethyl adjacent to an activating group) is 2. The van der Waals surface area contributed by atoms with Gasteiger partial charge in [-0.1, -0.05) is 24.6 Å². The highest BCUT2D eigenvalue weighted by Gasteiger charge is 2.59. The molecule has 0 aromatic rings. The number of carbonyl (C=O) groups excluding carboxylic acids is 2. The van der Waals surface area contributed by atoms with Crippen molar-refractivity contribution in [2.75, 3.05) is 27.2 Å². The Morgan fingerprint density at radius 2 is 1.92 bits per heavy atom. The van der Waals surface area contributed by atoms with Gasteiger partial charge in [0.15, 0.2) is 5.78 Å². The Balaban J connectivity index is 0.00000304. The van der Waals surface area contributed by atoms with Crippen molar-refractivity contribution >= 4 is 30.0 Å². The molecule has 6 nitrogen and oxygen atoms in total. The molecule has 1 saturated heterocycles. The van der Waals surface area contributed by atoms with E-state index in [1.54, 1.807) is 4.90 Å². The van der Waals surface area contributed by atoms with Gasteiger partial charge >= 0.3 is 6.09 Å². The normalized spacial score (nSPS) is 40.5. The Morgan fingerprint density at radius 3 is 2.64 bits per heavy atom. The Bertz CT molecular complexity index is 935. The van der Waals surface area contributed by atoms with E-state index in [0.717, 1.165) is 50.3 Å². The van der Waals surface area contributed by atoms with Gasteiger partial charge in [-0.15, -0.1) is 12.4 Å². The molecule has 4 aliphatic carbocycles. The lowest BCUT2D eigenvalue weighted by Crippen LogP contribution is -2.51. The number of carbonyl (C=O) groups is 2. The maximum absolute atomic E-state index is 12.6. The molecule has 7 atom stereocenters. The zero-order chi connectivity index (χ0) is 25.0. The Labute approximate surface area is 223 Å². The molecule has 0 unspecified atom stereocenters. The number of ketones is 1. The Hall–Kier alpha value is -1.40. The molecule has 36 heavy (non-hydrogen) atoms. The molecule has 0 radical (unpaired) electrons. The minimum absolute atomic E-state index is 0. The number of fused-ring (bicyclic) bond motifs is 5. The molecule has 0 aromatic carbocycles. The monoisotopic (exact) mass is 519 g/mol. The van der Waals surface area contributed by atoms with Crippen molar-refractivity contribution in [2.45, 2.75) is 91.0 Å². The minimum Gasteiger partial charge on any atom is -0.308 e. The molecule has 5 rings (SSSR count). The van der Waals surface area contributed by atoms with Crippen LogP contribution in [0.2, 0.25) is 0 Å². The topological polar surface area (TPSA) is 62.2 Å². The lowest BCUT2D eigenvalue weighted by atomic mass is 9.46. The lowest BCUT2D eigenvalue weighted by molar-refractivity contribution is -0.117. The number of nitrogens with zero attached hydrogens (tertiary/aromatic N) is 3. The molecule has 0 aromatic heterocycles. The molecule has 1 aliphatic heterocycles. The number of allylic oxidation sites excluding steroid dienone is 1. The summed E-state index contributed by atoms with van der Waals surface area (Å²) in [5.74, 6) is 2.84. The predicted molar refractivity (Wildman–Crippen MR) is 145 cm³/mol. The van der Waals surface area contributed by atoms with Gasteiger partial charge in [-0.3, -0.25) is 9.63 Å². The van der Waals surface area contributed by atoms with Crippen LogP contribution in [0, 0.1) is 34.5 Å². The summed E-state index contributed by atoms with van der Waals surface area (Å²) in [6.45, 7) is 8.79. The first kappa shape index (κ1) is 27.6. The van der Waals surface area contributed by atoms with Gasteiger partial charge in [0, 0.05) is 32.0 Å². The van der Waals surface area contributed by atoms with E-state index in [9.17, 15) is 9.59 Å². The molecule has 7 heteroatoms. The van der Waals surface area contributed by atoms with Crippen LogP contribution in [0.3, 0.4) is 0 Å². The molecule has 4 fully saturated rings. The standard InChI is InChI=1S/C29H45N3O3.ClH/c1-19(30-35-27(34)32(5)18-21-7-6-16-31(21)4)24-10-11-25-23-9-8-20-17-22(33)12-14-28(20,2)26(23)13-15-29(24,25)3;/h17,21,23-26H,6-16,18H2,1-5H3;1H/b30-19+;/t21-,23-,24+,25-,26-,28-,29+;/m0./s1. The molecule has 0 bridgehead atoms. The second-order valence-corrected chi connectivity index (χ2v) is 12.9. The van der Waals surface area contributed by atoms with E-state index < -0.39 is 0 Å². The van der Waals surface area contributed by atoms with E-state index in [-0.39, 0.29) is 29.3 Å². The van der Waals surface area contributed by atoms with Crippen LogP contribution < -0.4 is 0 Å². The molecule has 202 valence electrons. The smallest absolute Gasteiger partial charge is 0.308 e. The molecular formula is C29H46ClN3O3. The highest BCUT2D eigenvalue weighted by atomic mass is 35.5. The van der Waals surface area contributed by atoms with E-state index in [1.165, 1.54) is 37.7 Å². The first-order chi connectivity index (χ1) is 16.6. The highest BCUT2D eigenvalue weighted by molar-refractivity contribution is 5.91. The first-order valence-corrected chi connectivity index (χ1v) is 14.0. The minimum atomic E-state index is -0.348. The van der Waals surface area contributed by atoms with Crippen LogP contribution in [0.4, 0.5) is 4.79 Å². The van der Waals surface area contributed by atoms with Gasteiger partial charge in [-0.05, 0) is 113 Å². The van der Waals surface area contributed by atoms with Crippen LogP contribution in [-0.2, 0) is 9.63 Å². The maximum Gasteiger partial charge on any atom is 0.435 e. The molecule has 1 amide bonds. The molecular weight excluding hydrogens is 474 g/mol. The van der Waals surface area contributed by atoms with E-state index in [0.29, 0.717) is 36.1 Å². The predicted octanol–water partition coefficient (Wildman–Crippen LogP) is 6.09. The van der Waals surface area contributed by atoms with Crippen LogP contribution in [0.5, 0.6) is 0 Å². The van der Waals surface area contributed by atoms with Crippen LogP contribution in [-0.4, -0.2) is 60.6 Å². The first-order valence-electron chi connectivity index (χ1n) is 14.0. The number of hydrogen-bond acceptors (Lipinski definition) is 5. The van der Waals surface area contributed by atoms with Crippen molar-refractivity contribution in [3.63, 3.8) is 0 Å². The summed E-state index contributed by atoms with van der Waals surface area (Å²) in [7, 11) is 3.95. The van der Waals surface area contributed by atoms with Gasteiger partial charge in [-0.2, -0.15) is 0 Å². The van der Waals surface area contributed by atoms with Crippen molar-refractivity contribution in [2.24, 2.45) is 39.7 Å². The summed E-state index contributed by atoms with van der Waals surface area (Å²) in [6, 6.07) is 0.414. The Kier molecular flexibility index (Phi) is 7.98. The van der Waals surface area contributed by atoms with Gasteiger partial charge in [0.25, 0.3) is 0 Å². The van der Waals surface area contributed by atoms with Crippen LogP contribution in [0.25, 0.3) is 0 Å². The van der Waals surface area contributed by atoms with Crippen molar-refractivity contribution < 1.29 is 14.4 Å². The number of amides is 1. The Morgan fingerprint density at radius 1 is 1.14 bits per heavy atom. The fourth-order valence-corrected chi connectivity index (χ4v) is 9.09. The number of hydrogen-bond donors (Lipinski definition) is 0. The summed E-state index contributed by atoms with van der Waals surface area (Å²) < 4.78 is 0. The van der Waals surface area contributed by atoms with Crippen LogP contribution in [0.1, 0.15) is 85.0 Å². The summed E-state index contributed by atoms with van der Waals surface area (Å²) in [6.07, 6.45) is 12.9. The van der Waals surface area contributed by atoms with E-state index >= 15 is 0 Å². The number of halogens is 1. The molecule has 0 spiro atoms. The summed E-state index contributed by atoms with van der Waals surface area (Å²) in [5, 5.41) is 4.41. The average molecular weight is 520 g/mol. The molecule has 3 saturated carbocycles. The lowest BCUT2D eigenvalue weighted by Gasteiger charge is -2.58. The third-order valence-corrected chi connectivity index (χ3v) is 11.2. The van der Waals surface area contributed by atoms with Gasteiger partial charge in [0.2, 0.25) is 0 Å². The zero-order valence-electron chi connectivity index (χ0n) is 22.9. The summed E-state index contributed by atoms with van der Waals surface area (Å²) >= 11 is 0. The van der Waals surface area contributed by atoms with Crippen LogP contribution in [0.15, 0.2) is 16.8 Å². The fourth-order valence-electron chi connectivity index (χ4n) is 9.09. The number of rotatable bonds is 4. The second-order valence-electron chi connectivity index (χ2n) is 12.9. The number of likely N-dealkylation sites (tertiary alicyclic amines) is 1. The second kappa shape index (κ2) is 10.4. The van der Waals surface area contributed by atoms with Gasteiger partial charge < -0.3 is 9.80 Å². The van der Waals surface area contributed by atoms with Gasteiger partial charge in [0.1, 0.15) is 0 Å². The third kappa shape index (κ3) is 4.66. The quantitative estimate of drug-likeness (QED) is 0.256. The van der Waals surface area contributed by atoms with Gasteiger partial charge in [0.05, 0.1) is 5.71 Å². The number of oxime groups is 1. The van der Waals surface area contributed by atoms with Crippen molar-refractivity contribution in [1.29, 1.82) is 0 Å². The van der Waals surface area contributed by atoms with E-state index in [1.807, 2.05) is 13.1 Å². The average Bonchev–Trinajstić information content (AvgIpc) is 3.39.